The van der Waals surface area contributed by atoms with Crippen molar-refractivity contribution in [1.82, 2.24) is 4.72 Å². The van der Waals surface area contributed by atoms with Gasteiger partial charge in [-0.2, -0.15) is 0 Å². The standard InChI is InChI=1S/C14H19NO4S/c1-10-6-11(2)8-12(7-10)20(18,19)15-9-14(13(16)17)4-3-5-14/h6-8,15H,3-5,9H2,1-2H3,(H,16,17). The monoisotopic (exact) mass is 297 g/mol. The molecule has 2 rings (SSSR count). The van der Waals surface area contributed by atoms with E-state index in [0.717, 1.165) is 17.5 Å². The van der Waals surface area contributed by atoms with Gasteiger partial charge in [0.15, 0.2) is 0 Å². The molecule has 110 valence electrons. The van der Waals surface area contributed by atoms with Gasteiger partial charge in [0.2, 0.25) is 10.0 Å². The molecule has 0 aliphatic heterocycles. The van der Waals surface area contributed by atoms with E-state index >= 15 is 0 Å². The van der Waals surface area contributed by atoms with Crippen LogP contribution in [-0.2, 0) is 14.8 Å². The maximum atomic E-state index is 12.2. The molecule has 0 saturated heterocycles. The zero-order valence-electron chi connectivity index (χ0n) is 11.6. The Bertz CT molecular complexity index is 612. The number of aryl methyl sites for hydroxylation is 2. The number of hydrogen-bond acceptors (Lipinski definition) is 3. The first kappa shape index (κ1) is 15.0. The minimum absolute atomic E-state index is 0.0440. The van der Waals surface area contributed by atoms with Crippen LogP contribution in [0.25, 0.3) is 0 Å². The number of carbonyl (C=O) groups is 1. The molecule has 20 heavy (non-hydrogen) atoms. The lowest BCUT2D eigenvalue weighted by Gasteiger charge is -2.37. The first-order valence-corrected chi connectivity index (χ1v) is 8.05. The minimum atomic E-state index is -3.66. The summed E-state index contributed by atoms with van der Waals surface area (Å²) in [6.07, 6.45) is 1.88. The fraction of sp³-hybridized carbons (Fsp3) is 0.500. The highest BCUT2D eigenvalue weighted by Crippen LogP contribution is 2.40. The molecule has 1 fully saturated rings. The molecule has 0 radical (unpaired) electrons. The van der Waals surface area contributed by atoms with Gasteiger partial charge in [-0.3, -0.25) is 4.79 Å². The van der Waals surface area contributed by atoms with E-state index in [1.807, 2.05) is 19.9 Å². The molecule has 5 nitrogen and oxygen atoms in total. The lowest BCUT2D eigenvalue weighted by Crippen LogP contribution is -2.47. The number of benzene rings is 1. The van der Waals surface area contributed by atoms with Gasteiger partial charge in [-0.1, -0.05) is 12.5 Å². The first-order chi connectivity index (χ1) is 9.25. The van der Waals surface area contributed by atoms with Crippen LogP contribution < -0.4 is 4.72 Å². The van der Waals surface area contributed by atoms with Gasteiger partial charge in [-0.05, 0) is 49.9 Å². The normalized spacial score (nSPS) is 17.5. The smallest absolute Gasteiger partial charge is 0.310 e. The summed E-state index contributed by atoms with van der Waals surface area (Å²) < 4.78 is 26.9. The molecule has 1 aromatic carbocycles. The van der Waals surface area contributed by atoms with Crippen molar-refractivity contribution in [2.75, 3.05) is 6.54 Å². The molecule has 0 heterocycles. The van der Waals surface area contributed by atoms with Crippen molar-refractivity contribution in [2.45, 2.75) is 38.0 Å². The molecule has 0 atom stereocenters. The molecule has 1 aromatic rings. The predicted octanol–water partition coefficient (Wildman–Crippen LogP) is 1.84. The Labute approximate surface area is 119 Å². The predicted molar refractivity (Wildman–Crippen MR) is 75.0 cm³/mol. The Morgan fingerprint density at radius 1 is 1.25 bits per heavy atom. The number of rotatable bonds is 5. The highest BCUT2D eigenvalue weighted by molar-refractivity contribution is 7.89. The highest BCUT2D eigenvalue weighted by atomic mass is 32.2. The van der Waals surface area contributed by atoms with E-state index in [2.05, 4.69) is 4.72 Å². The lowest BCUT2D eigenvalue weighted by atomic mass is 9.69. The average molecular weight is 297 g/mol. The summed E-state index contributed by atoms with van der Waals surface area (Å²) in [5, 5.41) is 9.20. The maximum Gasteiger partial charge on any atom is 0.310 e. The minimum Gasteiger partial charge on any atom is -0.481 e. The Kier molecular flexibility index (Phi) is 3.88. The SMILES string of the molecule is Cc1cc(C)cc(S(=O)(=O)NCC2(C(=O)O)CCC2)c1. The second-order valence-corrected chi connectivity index (χ2v) is 7.35. The summed E-state index contributed by atoms with van der Waals surface area (Å²) in [5.74, 6) is -0.924. The van der Waals surface area contributed by atoms with E-state index < -0.39 is 21.4 Å². The van der Waals surface area contributed by atoms with E-state index in [1.165, 1.54) is 0 Å². The van der Waals surface area contributed by atoms with Crippen LogP contribution in [0, 0.1) is 19.3 Å². The van der Waals surface area contributed by atoms with Gasteiger partial charge in [-0.25, -0.2) is 13.1 Å². The maximum absolute atomic E-state index is 12.2. The molecule has 0 amide bonds. The van der Waals surface area contributed by atoms with Gasteiger partial charge in [0.25, 0.3) is 0 Å². The molecular formula is C14H19NO4S. The van der Waals surface area contributed by atoms with E-state index in [9.17, 15) is 18.3 Å². The molecule has 0 unspecified atom stereocenters. The van der Waals surface area contributed by atoms with Crippen molar-refractivity contribution in [3.8, 4) is 0 Å². The molecule has 1 saturated carbocycles. The van der Waals surface area contributed by atoms with Crippen LogP contribution in [-0.4, -0.2) is 26.0 Å². The number of aliphatic carboxylic acids is 1. The Hall–Kier alpha value is -1.40. The van der Waals surface area contributed by atoms with Gasteiger partial charge in [0.1, 0.15) is 0 Å². The van der Waals surface area contributed by atoms with Crippen LogP contribution in [0.1, 0.15) is 30.4 Å². The van der Waals surface area contributed by atoms with Gasteiger partial charge in [0.05, 0.1) is 10.3 Å². The third-order valence-electron chi connectivity index (χ3n) is 3.87. The Morgan fingerprint density at radius 2 is 1.80 bits per heavy atom. The summed E-state index contributed by atoms with van der Waals surface area (Å²) in [7, 11) is -3.66. The van der Waals surface area contributed by atoms with E-state index in [0.29, 0.717) is 12.8 Å². The number of sulfonamides is 1. The Balaban J connectivity index is 2.17. The third-order valence-corrected chi connectivity index (χ3v) is 5.25. The largest absolute Gasteiger partial charge is 0.481 e. The Morgan fingerprint density at radius 3 is 2.20 bits per heavy atom. The van der Waals surface area contributed by atoms with Crippen molar-refractivity contribution in [3.63, 3.8) is 0 Å². The zero-order chi connectivity index (χ0) is 15.0. The van der Waals surface area contributed by atoms with Crippen molar-refractivity contribution in [3.05, 3.63) is 29.3 Å². The number of carboxylic acids is 1. The van der Waals surface area contributed by atoms with Crippen molar-refractivity contribution in [1.29, 1.82) is 0 Å². The summed E-state index contributed by atoms with van der Waals surface area (Å²) in [6.45, 7) is 3.62. The third kappa shape index (κ3) is 2.86. The van der Waals surface area contributed by atoms with Crippen molar-refractivity contribution in [2.24, 2.45) is 5.41 Å². The van der Waals surface area contributed by atoms with Crippen LogP contribution in [0.2, 0.25) is 0 Å². The van der Waals surface area contributed by atoms with Crippen LogP contribution >= 0.6 is 0 Å². The summed E-state index contributed by atoms with van der Waals surface area (Å²) >= 11 is 0. The van der Waals surface area contributed by atoms with Crippen LogP contribution in [0.15, 0.2) is 23.1 Å². The lowest BCUT2D eigenvalue weighted by molar-refractivity contribution is -0.153. The first-order valence-electron chi connectivity index (χ1n) is 6.57. The summed E-state index contributed by atoms with van der Waals surface area (Å²) in [4.78, 5) is 11.4. The second kappa shape index (κ2) is 5.18. The molecule has 0 bridgehead atoms. The number of nitrogens with one attached hydrogen (secondary N) is 1. The number of hydrogen-bond donors (Lipinski definition) is 2. The number of carboxylic acid groups (broad SMARTS) is 1. The zero-order valence-corrected chi connectivity index (χ0v) is 12.5. The van der Waals surface area contributed by atoms with Gasteiger partial charge < -0.3 is 5.11 Å². The molecule has 0 aromatic heterocycles. The second-order valence-electron chi connectivity index (χ2n) is 5.59. The molecule has 1 aliphatic carbocycles. The summed E-state index contributed by atoms with van der Waals surface area (Å²) in [6, 6.07) is 5.07. The summed E-state index contributed by atoms with van der Waals surface area (Å²) in [5.41, 5.74) is 0.801. The van der Waals surface area contributed by atoms with Crippen LogP contribution in [0.3, 0.4) is 0 Å². The fourth-order valence-electron chi connectivity index (χ4n) is 2.47. The molecule has 0 spiro atoms. The van der Waals surface area contributed by atoms with E-state index in [-0.39, 0.29) is 11.4 Å². The van der Waals surface area contributed by atoms with Gasteiger partial charge in [0, 0.05) is 6.54 Å². The topological polar surface area (TPSA) is 83.5 Å². The molecule has 6 heteroatoms. The fourth-order valence-corrected chi connectivity index (χ4v) is 3.79. The van der Waals surface area contributed by atoms with Gasteiger partial charge >= 0.3 is 5.97 Å². The van der Waals surface area contributed by atoms with E-state index in [1.54, 1.807) is 12.1 Å². The molecular weight excluding hydrogens is 278 g/mol. The van der Waals surface area contributed by atoms with Crippen molar-refractivity contribution < 1.29 is 18.3 Å². The van der Waals surface area contributed by atoms with E-state index in [4.69, 9.17) is 0 Å². The van der Waals surface area contributed by atoms with Crippen LogP contribution in [0.5, 0.6) is 0 Å². The van der Waals surface area contributed by atoms with Crippen LogP contribution in [0.4, 0.5) is 0 Å². The van der Waals surface area contributed by atoms with Crippen molar-refractivity contribution >= 4 is 16.0 Å². The highest BCUT2D eigenvalue weighted by Gasteiger charge is 2.44. The average Bonchev–Trinajstić information content (AvgIpc) is 2.25. The quantitative estimate of drug-likeness (QED) is 0.868. The van der Waals surface area contributed by atoms with Gasteiger partial charge in [-0.15, -0.1) is 0 Å². The molecule has 2 N–H and O–H groups in total. The molecule has 1 aliphatic rings.